The van der Waals surface area contributed by atoms with E-state index in [1.165, 1.54) is 47.6 Å². The lowest BCUT2D eigenvalue weighted by Gasteiger charge is -2.46. The number of anilines is 2. The Hall–Kier alpha value is -1.52. The molecule has 0 amide bonds. The van der Waals surface area contributed by atoms with Crippen LogP contribution in [0.4, 0.5) is 11.5 Å². The first-order valence-electron chi connectivity index (χ1n) is 9.90. The summed E-state index contributed by atoms with van der Waals surface area (Å²) in [7, 11) is 4.87. The van der Waals surface area contributed by atoms with Crippen molar-refractivity contribution >= 4 is 23.3 Å². The molecule has 26 heavy (non-hydrogen) atoms. The number of para-hydroxylation sites is 1. The highest BCUT2D eigenvalue weighted by Crippen LogP contribution is 2.47. The normalized spacial score (nSPS) is 19.0. The molecular formula is C22H30N3S+. The molecule has 2 aliphatic rings. The van der Waals surface area contributed by atoms with Crippen LogP contribution in [0.25, 0.3) is 0 Å². The van der Waals surface area contributed by atoms with E-state index < -0.39 is 0 Å². The number of aromatic nitrogens is 1. The molecule has 1 aromatic carbocycles. The molecule has 1 aromatic heterocycles. The van der Waals surface area contributed by atoms with Gasteiger partial charge in [0, 0.05) is 11.1 Å². The van der Waals surface area contributed by atoms with Crippen molar-refractivity contribution in [2.45, 2.75) is 60.9 Å². The summed E-state index contributed by atoms with van der Waals surface area (Å²) in [6, 6.07) is 14.3. The summed E-state index contributed by atoms with van der Waals surface area (Å²) in [5.74, 6) is 1.12. The minimum atomic E-state index is 0.545. The van der Waals surface area contributed by atoms with Crippen molar-refractivity contribution in [1.29, 1.82) is 0 Å². The molecule has 0 N–H and O–H groups in total. The maximum atomic E-state index is 4.75. The van der Waals surface area contributed by atoms with E-state index in [9.17, 15) is 0 Å². The number of fused-ring (bicyclic) bond motifs is 2. The molecule has 0 radical (unpaired) electrons. The number of pyridine rings is 1. The van der Waals surface area contributed by atoms with Crippen molar-refractivity contribution in [3.63, 3.8) is 0 Å². The third kappa shape index (κ3) is 3.25. The van der Waals surface area contributed by atoms with Gasteiger partial charge in [-0.1, -0.05) is 30.3 Å². The average molecular weight is 369 g/mol. The molecule has 138 valence electrons. The molecular weight excluding hydrogens is 338 g/mol. The summed E-state index contributed by atoms with van der Waals surface area (Å²) in [6.45, 7) is 3.42. The van der Waals surface area contributed by atoms with E-state index in [2.05, 4.69) is 56.3 Å². The van der Waals surface area contributed by atoms with Gasteiger partial charge < -0.3 is 9.38 Å². The second-order valence-electron chi connectivity index (χ2n) is 8.28. The number of rotatable bonds is 4. The van der Waals surface area contributed by atoms with Crippen LogP contribution in [0.2, 0.25) is 0 Å². The smallest absolute Gasteiger partial charge is 0.147 e. The van der Waals surface area contributed by atoms with Gasteiger partial charge in [-0.2, -0.15) is 0 Å². The zero-order valence-electron chi connectivity index (χ0n) is 16.2. The summed E-state index contributed by atoms with van der Waals surface area (Å²) < 4.78 is 1.11. The molecule has 0 bridgehead atoms. The van der Waals surface area contributed by atoms with E-state index in [-0.39, 0.29) is 0 Å². The van der Waals surface area contributed by atoms with Gasteiger partial charge in [-0.15, -0.1) is 0 Å². The number of likely N-dealkylation sites (N-methyl/N-ethyl adjacent to an activating group) is 1. The third-order valence-electron chi connectivity index (χ3n) is 6.48. The quantitative estimate of drug-likeness (QED) is 0.665. The number of quaternary nitrogens is 1. The van der Waals surface area contributed by atoms with Gasteiger partial charge in [0.1, 0.15) is 11.9 Å². The maximum absolute atomic E-state index is 4.75. The Labute approximate surface area is 162 Å². The first-order valence-corrected chi connectivity index (χ1v) is 10.7. The van der Waals surface area contributed by atoms with E-state index in [1.54, 1.807) is 0 Å². The number of benzene rings is 1. The molecule has 3 nitrogen and oxygen atoms in total. The SMILES string of the molecule is CC(CN1c2ccccc2Sc2cccnc21)[N+](C)(C)C1CCCCC1. The molecule has 4 rings (SSSR count). The first kappa shape index (κ1) is 17.9. The van der Waals surface area contributed by atoms with Crippen molar-refractivity contribution in [2.24, 2.45) is 0 Å². The first-order chi connectivity index (χ1) is 12.6. The fourth-order valence-electron chi connectivity index (χ4n) is 4.43. The van der Waals surface area contributed by atoms with Gasteiger partial charge in [0.15, 0.2) is 0 Å². The van der Waals surface area contributed by atoms with Gasteiger partial charge in [0.25, 0.3) is 0 Å². The molecule has 1 saturated carbocycles. The van der Waals surface area contributed by atoms with Crippen LogP contribution in [0.1, 0.15) is 39.0 Å². The summed E-state index contributed by atoms with van der Waals surface area (Å²) in [5.41, 5.74) is 1.30. The highest BCUT2D eigenvalue weighted by Gasteiger charge is 2.37. The monoisotopic (exact) mass is 368 g/mol. The zero-order valence-corrected chi connectivity index (χ0v) is 17.0. The van der Waals surface area contributed by atoms with Crippen LogP contribution in [0, 0.1) is 0 Å². The highest BCUT2D eigenvalue weighted by atomic mass is 32.2. The second-order valence-corrected chi connectivity index (χ2v) is 9.36. The molecule has 2 aromatic rings. The van der Waals surface area contributed by atoms with Crippen LogP contribution in [0.3, 0.4) is 0 Å². The Morgan fingerprint density at radius 2 is 1.81 bits per heavy atom. The Kier molecular flexibility index (Phi) is 4.98. The lowest BCUT2D eigenvalue weighted by Crippen LogP contribution is -2.58. The van der Waals surface area contributed by atoms with Gasteiger partial charge in [-0.3, -0.25) is 0 Å². The van der Waals surface area contributed by atoms with Gasteiger partial charge in [-0.25, -0.2) is 4.98 Å². The minimum Gasteiger partial charge on any atom is -0.322 e. The van der Waals surface area contributed by atoms with E-state index in [0.717, 1.165) is 22.9 Å². The Morgan fingerprint density at radius 3 is 2.62 bits per heavy atom. The molecule has 1 atom stereocenters. The van der Waals surface area contributed by atoms with Crippen molar-refractivity contribution in [2.75, 3.05) is 25.5 Å². The average Bonchev–Trinajstić information content (AvgIpc) is 2.68. The number of nitrogens with zero attached hydrogens (tertiary/aromatic N) is 3. The largest absolute Gasteiger partial charge is 0.322 e. The van der Waals surface area contributed by atoms with Crippen LogP contribution < -0.4 is 4.90 Å². The second kappa shape index (κ2) is 7.24. The van der Waals surface area contributed by atoms with Crippen molar-refractivity contribution in [3.05, 3.63) is 42.6 Å². The van der Waals surface area contributed by atoms with Crippen LogP contribution >= 0.6 is 11.8 Å². The van der Waals surface area contributed by atoms with Gasteiger partial charge >= 0.3 is 0 Å². The maximum Gasteiger partial charge on any atom is 0.147 e. The summed E-state index contributed by atoms with van der Waals surface area (Å²) in [6.07, 6.45) is 8.88. The standard InChI is InChI=1S/C22H30N3S/c1-17(25(2,3)18-10-5-4-6-11-18)16-24-19-12-7-8-13-20(19)26-21-14-9-15-23-22(21)24/h7-9,12-15,17-18H,4-6,10-11,16H2,1-3H3/q+1. The van der Waals surface area contributed by atoms with Gasteiger partial charge in [0.05, 0.1) is 37.3 Å². The molecule has 1 aliphatic carbocycles. The summed E-state index contributed by atoms with van der Waals surface area (Å²) in [5, 5.41) is 0. The topological polar surface area (TPSA) is 16.1 Å². The van der Waals surface area contributed by atoms with Crippen molar-refractivity contribution in [3.8, 4) is 0 Å². The molecule has 1 aliphatic heterocycles. The fourth-order valence-corrected chi connectivity index (χ4v) is 5.50. The van der Waals surface area contributed by atoms with Gasteiger partial charge in [0.2, 0.25) is 0 Å². The van der Waals surface area contributed by atoms with Crippen LogP contribution in [0.15, 0.2) is 52.4 Å². The minimum absolute atomic E-state index is 0.545. The molecule has 1 unspecified atom stereocenters. The number of hydrogen-bond acceptors (Lipinski definition) is 3. The molecule has 0 spiro atoms. The van der Waals surface area contributed by atoms with E-state index >= 15 is 0 Å². The molecule has 1 fully saturated rings. The Balaban J connectivity index is 1.63. The van der Waals surface area contributed by atoms with E-state index in [0.29, 0.717) is 6.04 Å². The van der Waals surface area contributed by atoms with Crippen molar-refractivity contribution in [1.82, 2.24) is 4.98 Å². The molecule has 0 saturated heterocycles. The molecule has 2 heterocycles. The highest BCUT2D eigenvalue weighted by molar-refractivity contribution is 7.99. The van der Waals surface area contributed by atoms with Crippen LogP contribution in [-0.4, -0.2) is 42.2 Å². The lowest BCUT2D eigenvalue weighted by atomic mass is 9.92. The van der Waals surface area contributed by atoms with E-state index in [1.807, 2.05) is 24.0 Å². The predicted octanol–water partition coefficient (Wildman–Crippen LogP) is 5.48. The van der Waals surface area contributed by atoms with Gasteiger partial charge in [-0.05, 0) is 56.9 Å². The fraction of sp³-hybridized carbons (Fsp3) is 0.500. The predicted molar refractivity (Wildman–Crippen MR) is 110 cm³/mol. The summed E-state index contributed by atoms with van der Waals surface area (Å²) in [4.78, 5) is 9.80. The van der Waals surface area contributed by atoms with Crippen LogP contribution in [0.5, 0.6) is 0 Å². The lowest BCUT2D eigenvalue weighted by molar-refractivity contribution is -0.936. The molecule has 4 heteroatoms. The van der Waals surface area contributed by atoms with E-state index in [4.69, 9.17) is 4.98 Å². The summed E-state index contributed by atoms with van der Waals surface area (Å²) >= 11 is 1.84. The van der Waals surface area contributed by atoms with Crippen LogP contribution in [-0.2, 0) is 0 Å². The Bertz CT molecular complexity index is 722. The zero-order chi connectivity index (χ0) is 18.1. The number of hydrogen-bond donors (Lipinski definition) is 0. The third-order valence-corrected chi connectivity index (χ3v) is 7.58. The van der Waals surface area contributed by atoms with Crippen molar-refractivity contribution < 1.29 is 4.48 Å². The Morgan fingerprint density at radius 1 is 1.08 bits per heavy atom.